The molecule has 5 rings (SSSR count). The van der Waals surface area contributed by atoms with E-state index >= 15 is 0 Å². The van der Waals surface area contributed by atoms with Crippen LogP contribution in [0.15, 0.2) is 107 Å². The number of hydrogen-bond donors (Lipinski definition) is 3. The van der Waals surface area contributed by atoms with Crippen molar-refractivity contribution in [3.8, 4) is 17.2 Å². The predicted molar refractivity (Wildman–Crippen MR) is 180 cm³/mol. The van der Waals surface area contributed by atoms with Gasteiger partial charge in [-0.05, 0) is 71.6 Å². The number of halogens is 1. The van der Waals surface area contributed by atoms with Gasteiger partial charge in [-0.25, -0.2) is 10.4 Å². The molecule has 0 spiro atoms. The van der Waals surface area contributed by atoms with Gasteiger partial charge in [0.25, 0.3) is 5.91 Å². The van der Waals surface area contributed by atoms with Gasteiger partial charge in [0.15, 0.2) is 11.6 Å². The molecule has 4 aromatic carbocycles. The summed E-state index contributed by atoms with van der Waals surface area (Å²) >= 11 is 3.67. The maximum absolute atomic E-state index is 14.5. The maximum Gasteiger partial charge on any atom is 0.266 e. The lowest BCUT2D eigenvalue weighted by atomic mass is 9.82. The van der Waals surface area contributed by atoms with E-state index in [1.165, 1.54) is 0 Å². The molecule has 46 heavy (non-hydrogen) atoms. The minimum Gasteiger partial charge on any atom is -0.497 e. The molecule has 2 atom stereocenters. The van der Waals surface area contributed by atoms with Crippen molar-refractivity contribution >= 4 is 27.7 Å². The van der Waals surface area contributed by atoms with E-state index in [0.717, 1.165) is 26.9 Å². The predicted octanol–water partition coefficient (Wildman–Crippen LogP) is 5.59. The summed E-state index contributed by atoms with van der Waals surface area (Å²) in [6, 6.07) is 30.5. The van der Waals surface area contributed by atoms with Crippen molar-refractivity contribution in [1.29, 1.82) is 0 Å². The molecule has 0 aromatic heterocycles. The van der Waals surface area contributed by atoms with Gasteiger partial charge in [0.2, 0.25) is 5.90 Å². The first kappa shape index (κ1) is 33.0. The molecule has 3 N–H and O–H groups in total. The molecule has 1 aliphatic heterocycles. The minimum atomic E-state index is -1.39. The molecular formula is C36H38BrN3O6. The van der Waals surface area contributed by atoms with Crippen molar-refractivity contribution in [3.63, 3.8) is 0 Å². The number of ether oxygens (including phenoxy) is 4. The molecule has 240 valence electrons. The third-order valence-corrected chi connectivity index (χ3v) is 8.53. The fourth-order valence-corrected chi connectivity index (χ4v) is 5.80. The summed E-state index contributed by atoms with van der Waals surface area (Å²) < 4.78 is 24.2. The number of rotatable bonds is 15. The first-order valence-electron chi connectivity index (χ1n) is 15.1. The number of methoxy groups -OCH3 is 2. The summed E-state index contributed by atoms with van der Waals surface area (Å²) in [5, 5.41) is 9.08. The van der Waals surface area contributed by atoms with Crippen LogP contribution in [0.5, 0.6) is 17.2 Å². The Hall–Kier alpha value is -4.38. The average molecular weight is 689 g/mol. The fourth-order valence-electron chi connectivity index (χ4n) is 5.38. The Morgan fingerprint density at radius 2 is 1.70 bits per heavy atom. The number of nitrogens with zero attached hydrogens (tertiary/aromatic N) is 1. The topological polar surface area (TPSA) is 111 Å². The van der Waals surface area contributed by atoms with E-state index < -0.39 is 11.6 Å². The van der Waals surface area contributed by atoms with Crippen LogP contribution in [-0.4, -0.2) is 56.4 Å². The Morgan fingerprint density at radius 1 is 0.935 bits per heavy atom. The molecule has 4 aromatic rings. The van der Waals surface area contributed by atoms with Crippen LogP contribution in [0.1, 0.15) is 34.8 Å². The van der Waals surface area contributed by atoms with Gasteiger partial charge < -0.3 is 24.1 Å². The number of aliphatic hydroxyl groups is 1. The molecule has 0 fully saturated rings. The molecule has 0 unspecified atom stereocenters. The zero-order valence-corrected chi connectivity index (χ0v) is 27.5. The van der Waals surface area contributed by atoms with Crippen molar-refractivity contribution < 1.29 is 28.8 Å². The highest BCUT2D eigenvalue weighted by Gasteiger charge is 2.53. The van der Waals surface area contributed by atoms with Gasteiger partial charge in [-0.1, -0.05) is 64.5 Å². The van der Waals surface area contributed by atoms with Crippen molar-refractivity contribution in [2.24, 2.45) is 4.99 Å². The number of hydrazine groups is 1. The second kappa shape index (κ2) is 15.8. The van der Waals surface area contributed by atoms with Gasteiger partial charge in [-0.2, -0.15) is 0 Å². The zero-order valence-electron chi connectivity index (χ0n) is 25.9. The van der Waals surface area contributed by atoms with Crippen molar-refractivity contribution in [2.45, 2.75) is 30.9 Å². The summed E-state index contributed by atoms with van der Waals surface area (Å²) in [6.07, 6.45) is 0.654. The normalized spacial score (nSPS) is 17.1. The van der Waals surface area contributed by atoms with Gasteiger partial charge in [-0.3, -0.25) is 10.2 Å². The molecule has 0 aliphatic carbocycles. The van der Waals surface area contributed by atoms with Gasteiger partial charge in [-0.15, -0.1) is 0 Å². The number of para-hydroxylation sites is 1. The van der Waals surface area contributed by atoms with Crippen LogP contribution in [0.3, 0.4) is 0 Å². The maximum atomic E-state index is 14.5. The average Bonchev–Trinajstić information content (AvgIpc) is 3.48. The molecule has 1 heterocycles. The third kappa shape index (κ3) is 7.70. The van der Waals surface area contributed by atoms with Crippen LogP contribution in [0, 0.1) is 0 Å². The summed E-state index contributed by atoms with van der Waals surface area (Å²) in [5.74, 6) is 2.10. The Kier molecular flexibility index (Phi) is 11.3. The van der Waals surface area contributed by atoms with Crippen LogP contribution in [0.2, 0.25) is 0 Å². The van der Waals surface area contributed by atoms with Gasteiger partial charge >= 0.3 is 0 Å². The van der Waals surface area contributed by atoms with Crippen LogP contribution >= 0.6 is 15.9 Å². The second-order valence-electron chi connectivity index (χ2n) is 10.8. The van der Waals surface area contributed by atoms with E-state index in [0.29, 0.717) is 49.0 Å². The van der Waals surface area contributed by atoms with E-state index in [1.807, 2.05) is 97.1 Å². The Labute approximate surface area is 277 Å². The molecule has 9 nitrogen and oxygen atoms in total. The Bertz CT molecular complexity index is 1650. The van der Waals surface area contributed by atoms with E-state index in [1.54, 1.807) is 14.2 Å². The number of nitrogens with one attached hydrogen (secondary N) is 2. The van der Waals surface area contributed by atoms with Crippen molar-refractivity contribution in [3.05, 3.63) is 124 Å². The molecule has 10 heteroatoms. The molecular weight excluding hydrogens is 650 g/mol. The lowest BCUT2D eigenvalue weighted by Gasteiger charge is -2.31. The quantitative estimate of drug-likeness (QED) is 0.110. The molecule has 1 amide bonds. The highest BCUT2D eigenvalue weighted by molar-refractivity contribution is 9.10. The number of carbonyl (C=O) groups excluding carboxylic acids is 1. The van der Waals surface area contributed by atoms with E-state index in [2.05, 4.69) is 26.8 Å². The Morgan fingerprint density at radius 3 is 2.43 bits per heavy atom. The summed E-state index contributed by atoms with van der Waals surface area (Å²) in [5.41, 5.74) is 8.05. The fraction of sp³-hybridized carbons (Fsp3) is 0.278. The Balaban J connectivity index is 1.49. The standard InChI is InChI=1S/C36H38BrN3O6/c1-43-30-12-7-11-27(23-30)33-36(24-28-10-3-5-13-31(28)37,35(42)40-38-20-19-25-9-4-6-14-32(25)44-2)39-34(46-33)26-15-17-29(18-16-26)45-22-8-21-41/h3-7,9-18,23,33,38,41H,8,19-22,24H2,1-2H3,(H,40,42)/t33-,36-/m0/s1. The van der Waals surface area contributed by atoms with Crippen LogP contribution in [0.25, 0.3) is 0 Å². The third-order valence-electron chi connectivity index (χ3n) is 7.76. The molecule has 1 aliphatic rings. The largest absolute Gasteiger partial charge is 0.497 e. The summed E-state index contributed by atoms with van der Waals surface area (Å²) in [4.78, 5) is 19.6. The van der Waals surface area contributed by atoms with Crippen LogP contribution in [0.4, 0.5) is 0 Å². The first-order chi connectivity index (χ1) is 22.5. The first-order valence-corrected chi connectivity index (χ1v) is 15.9. The highest BCUT2D eigenvalue weighted by atomic mass is 79.9. The molecule has 0 radical (unpaired) electrons. The number of amides is 1. The molecule has 0 saturated carbocycles. The number of hydrogen-bond acceptors (Lipinski definition) is 8. The number of aliphatic hydroxyl groups excluding tert-OH is 1. The van der Waals surface area contributed by atoms with Crippen LogP contribution < -0.4 is 25.1 Å². The van der Waals surface area contributed by atoms with Gasteiger partial charge in [0, 0.05) is 36.0 Å². The van der Waals surface area contributed by atoms with Gasteiger partial charge in [0.1, 0.15) is 17.2 Å². The highest BCUT2D eigenvalue weighted by Crippen LogP contribution is 2.44. The van der Waals surface area contributed by atoms with E-state index in [-0.39, 0.29) is 18.9 Å². The minimum absolute atomic E-state index is 0.0609. The lowest BCUT2D eigenvalue weighted by molar-refractivity contribution is -0.130. The van der Waals surface area contributed by atoms with Gasteiger partial charge in [0.05, 0.1) is 20.8 Å². The number of benzene rings is 4. The summed E-state index contributed by atoms with van der Waals surface area (Å²) in [6.45, 7) is 0.937. The molecule has 0 bridgehead atoms. The van der Waals surface area contributed by atoms with E-state index in [9.17, 15) is 4.79 Å². The molecule has 0 saturated heterocycles. The van der Waals surface area contributed by atoms with Crippen molar-refractivity contribution in [2.75, 3.05) is 34.0 Å². The monoisotopic (exact) mass is 687 g/mol. The summed E-state index contributed by atoms with van der Waals surface area (Å²) in [7, 11) is 3.25. The van der Waals surface area contributed by atoms with Crippen molar-refractivity contribution in [1.82, 2.24) is 10.9 Å². The van der Waals surface area contributed by atoms with Crippen LogP contribution in [-0.2, 0) is 22.4 Å². The number of carbonyl (C=O) groups is 1. The lowest BCUT2D eigenvalue weighted by Crippen LogP contribution is -2.54. The zero-order chi connectivity index (χ0) is 32.4. The smallest absolute Gasteiger partial charge is 0.266 e. The number of aliphatic imine (C=N–C) groups is 1. The second-order valence-corrected chi connectivity index (χ2v) is 11.6. The van der Waals surface area contributed by atoms with E-state index in [4.69, 9.17) is 29.0 Å². The SMILES string of the molecule is COc1cccc([C@@H]2OC(c3ccc(OCCCO)cc3)=N[C@]2(Cc2ccccc2Br)C(=O)NNCCc2ccccc2OC)c1.